The Morgan fingerprint density at radius 2 is 2.16 bits per heavy atom. The lowest BCUT2D eigenvalue weighted by Crippen LogP contribution is -2.37. The summed E-state index contributed by atoms with van der Waals surface area (Å²) >= 11 is 13.3. The molecule has 0 spiro atoms. The van der Waals surface area contributed by atoms with Crippen molar-refractivity contribution in [2.45, 2.75) is 24.0 Å². The highest BCUT2D eigenvalue weighted by molar-refractivity contribution is 7.98. The molecule has 2 heterocycles. The Kier molecular flexibility index (Phi) is 5.27. The van der Waals surface area contributed by atoms with E-state index in [9.17, 15) is 4.79 Å². The van der Waals surface area contributed by atoms with Crippen LogP contribution in [0.1, 0.15) is 23.2 Å². The molecule has 8 heteroatoms. The van der Waals surface area contributed by atoms with E-state index in [0.29, 0.717) is 17.7 Å². The smallest absolute Gasteiger partial charge is 0.257 e. The summed E-state index contributed by atoms with van der Waals surface area (Å²) in [5, 5.41) is 6.72. The second-order valence-electron chi connectivity index (χ2n) is 4.17. The van der Waals surface area contributed by atoms with E-state index < -0.39 is 0 Å². The summed E-state index contributed by atoms with van der Waals surface area (Å²) in [4.78, 5) is 20.1. The molecule has 1 aliphatic heterocycles. The standard InChI is InChI=1S/C11H14Cl2N4OS/c1-19-11-16-8(12)7(9(13)17-11)10(18)15-5-6-3-2-4-14-6/h6,14H,2-5H2,1H3,(H,15,18)/t6-/m0/s1. The molecule has 0 unspecified atom stereocenters. The van der Waals surface area contributed by atoms with Crippen LogP contribution < -0.4 is 10.6 Å². The monoisotopic (exact) mass is 320 g/mol. The molecule has 0 saturated carbocycles. The number of halogens is 2. The lowest BCUT2D eigenvalue weighted by atomic mass is 10.2. The normalized spacial score (nSPS) is 18.6. The minimum atomic E-state index is -0.337. The van der Waals surface area contributed by atoms with Crippen LogP contribution in [0, 0.1) is 0 Å². The summed E-state index contributed by atoms with van der Waals surface area (Å²) in [6, 6.07) is 0.313. The molecule has 0 aliphatic carbocycles. The van der Waals surface area contributed by atoms with Gasteiger partial charge < -0.3 is 10.6 Å². The number of carbonyl (C=O) groups excluding carboxylic acids is 1. The molecule has 0 radical (unpaired) electrons. The number of hydrogen-bond acceptors (Lipinski definition) is 5. The number of nitrogens with zero attached hydrogens (tertiary/aromatic N) is 2. The van der Waals surface area contributed by atoms with Crippen molar-refractivity contribution >= 4 is 40.9 Å². The van der Waals surface area contributed by atoms with Crippen LogP contribution in [0.3, 0.4) is 0 Å². The summed E-state index contributed by atoms with van der Waals surface area (Å²) in [7, 11) is 0. The van der Waals surface area contributed by atoms with Gasteiger partial charge in [0.1, 0.15) is 15.9 Å². The van der Waals surface area contributed by atoms with Gasteiger partial charge in [-0.1, -0.05) is 35.0 Å². The number of aromatic nitrogens is 2. The predicted octanol–water partition coefficient (Wildman–Crippen LogP) is 1.99. The fraction of sp³-hybridized carbons (Fsp3) is 0.545. The number of carbonyl (C=O) groups is 1. The van der Waals surface area contributed by atoms with Crippen LogP contribution in [0.2, 0.25) is 10.3 Å². The van der Waals surface area contributed by atoms with Crippen LogP contribution in [-0.4, -0.2) is 41.3 Å². The van der Waals surface area contributed by atoms with Crippen molar-refractivity contribution in [3.8, 4) is 0 Å². The minimum Gasteiger partial charge on any atom is -0.350 e. The Hall–Kier alpha value is -0.560. The average Bonchev–Trinajstić information content (AvgIpc) is 2.88. The van der Waals surface area contributed by atoms with Gasteiger partial charge in [-0.15, -0.1) is 0 Å². The fourth-order valence-electron chi connectivity index (χ4n) is 1.90. The van der Waals surface area contributed by atoms with Crippen molar-refractivity contribution in [2.24, 2.45) is 0 Å². The molecule has 0 bridgehead atoms. The molecule has 19 heavy (non-hydrogen) atoms. The largest absolute Gasteiger partial charge is 0.350 e. The highest BCUT2D eigenvalue weighted by Crippen LogP contribution is 2.24. The first-order valence-electron chi connectivity index (χ1n) is 5.90. The van der Waals surface area contributed by atoms with E-state index in [4.69, 9.17) is 23.2 Å². The number of hydrogen-bond donors (Lipinski definition) is 2. The van der Waals surface area contributed by atoms with E-state index in [2.05, 4.69) is 20.6 Å². The number of amides is 1. The van der Waals surface area contributed by atoms with E-state index >= 15 is 0 Å². The van der Waals surface area contributed by atoms with E-state index in [0.717, 1.165) is 19.4 Å². The highest BCUT2D eigenvalue weighted by Gasteiger charge is 2.20. The number of nitrogens with one attached hydrogen (secondary N) is 2. The molecule has 1 aromatic heterocycles. The van der Waals surface area contributed by atoms with Crippen molar-refractivity contribution in [3.05, 3.63) is 15.9 Å². The van der Waals surface area contributed by atoms with Crippen LogP contribution >= 0.6 is 35.0 Å². The van der Waals surface area contributed by atoms with Crippen LogP contribution in [0.25, 0.3) is 0 Å². The zero-order valence-corrected chi connectivity index (χ0v) is 12.7. The van der Waals surface area contributed by atoms with Crippen molar-refractivity contribution in [2.75, 3.05) is 19.3 Å². The maximum atomic E-state index is 12.0. The van der Waals surface area contributed by atoms with Gasteiger partial charge >= 0.3 is 0 Å². The predicted molar refractivity (Wildman–Crippen MR) is 77.2 cm³/mol. The summed E-state index contributed by atoms with van der Waals surface area (Å²) in [6.45, 7) is 1.54. The number of rotatable bonds is 4. The van der Waals surface area contributed by atoms with Crippen LogP contribution in [0.15, 0.2) is 5.16 Å². The van der Waals surface area contributed by atoms with Crippen LogP contribution in [-0.2, 0) is 0 Å². The average molecular weight is 321 g/mol. The molecule has 1 fully saturated rings. The second-order valence-corrected chi connectivity index (χ2v) is 5.66. The van der Waals surface area contributed by atoms with E-state index in [1.807, 2.05) is 6.26 Å². The van der Waals surface area contributed by atoms with Crippen LogP contribution in [0.5, 0.6) is 0 Å². The maximum Gasteiger partial charge on any atom is 0.257 e. The third-order valence-corrected chi connectivity index (χ3v) is 3.98. The Bertz CT molecular complexity index is 457. The van der Waals surface area contributed by atoms with E-state index in [1.165, 1.54) is 11.8 Å². The molecule has 1 atom stereocenters. The van der Waals surface area contributed by atoms with Gasteiger partial charge in [0, 0.05) is 12.6 Å². The lowest BCUT2D eigenvalue weighted by Gasteiger charge is -2.12. The maximum absolute atomic E-state index is 12.0. The van der Waals surface area contributed by atoms with E-state index in [-0.39, 0.29) is 21.8 Å². The van der Waals surface area contributed by atoms with Gasteiger partial charge in [-0.05, 0) is 25.6 Å². The molecular formula is C11H14Cl2N4OS. The Labute approximate surface area is 125 Å². The molecular weight excluding hydrogens is 307 g/mol. The fourth-order valence-corrected chi connectivity index (χ4v) is 2.93. The van der Waals surface area contributed by atoms with Gasteiger partial charge in [0.2, 0.25) is 0 Å². The molecule has 1 aliphatic rings. The molecule has 2 rings (SSSR count). The summed E-state index contributed by atoms with van der Waals surface area (Å²) in [5.74, 6) is -0.337. The second kappa shape index (κ2) is 6.74. The van der Waals surface area contributed by atoms with Gasteiger partial charge in [-0.3, -0.25) is 4.79 Å². The van der Waals surface area contributed by atoms with Gasteiger partial charge in [0.15, 0.2) is 5.16 Å². The molecule has 5 nitrogen and oxygen atoms in total. The van der Waals surface area contributed by atoms with Crippen molar-refractivity contribution in [3.63, 3.8) is 0 Å². The van der Waals surface area contributed by atoms with Crippen molar-refractivity contribution in [1.29, 1.82) is 0 Å². The van der Waals surface area contributed by atoms with Gasteiger partial charge in [-0.2, -0.15) is 0 Å². The number of thioether (sulfide) groups is 1. The summed E-state index contributed by atoms with van der Waals surface area (Å²) < 4.78 is 0. The zero-order valence-electron chi connectivity index (χ0n) is 10.4. The first-order valence-corrected chi connectivity index (χ1v) is 7.88. The summed E-state index contributed by atoms with van der Waals surface area (Å²) in [6.07, 6.45) is 4.00. The molecule has 2 N–H and O–H groups in total. The minimum absolute atomic E-state index is 0.0845. The lowest BCUT2D eigenvalue weighted by molar-refractivity contribution is 0.0949. The zero-order chi connectivity index (χ0) is 13.8. The third-order valence-electron chi connectivity index (χ3n) is 2.88. The van der Waals surface area contributed by atoms with E-state index in [1.54, 1.807) is 0 Å². The molecule has 0 aromatic carbocycles. The topological polar surface area (TPSA) is 66.9 Å². The summed E-state index contributed by atoms with van der Waals surface area (Å²) in [5.41, 5.74) is 0.138. The highest BCUT2D eigenvalue weighted by atomic mass is 35.5. The Morgan fingerprint density at radius 3 is 2.68 bits per heavy atom. The van der Waals surface area contributed by atoms with Crippen molar-refractivity contribution < 1.29 is 4.79 Å². The molecule has 1 aromatic rings. The Balaban J connectivity index is 2.05. The first-order chi connectivity index (χ1) is 9.11. The molecule has 1 amide bonds. The Morgan fingerprint density at radius 1 is 1.47 bits per heavy atom. The van der Waals surface area contributed by atoms with Gasteiger partial charge in [0.25, 0.3) is 5.91 Å². The first kappa shape index (κ1) is 14.8. The SMILES string of the molecule is CSc1nc(Cl)c(C(=O)NC[C@@H]2CCCN2)c(Cl)n1. The molecule has 104 valence electrons. The van der Waals surface area contributed by atoms with Crippen LogP contribution in [0.4, 0.5) is 0 Å². The van der Waals surface area contributed by atoms with Gasteiger partial charge in [0.05, 0.1) is 0 Å². The molecule has 1 saturated heterocycles. The quantitative estimate of drug-likeness (QED) is 0.504. The van der Waals surface area contributed by atoms with Crippen molar-refractivity contribution in [1.82, 2.24) is 20.6 Å². The third kappa shape index (κ3) is 3.72. The van der Waals surface area contributed by atoms with Gasteiger partial charge in [-0.25, -0.2) is 9.97 Å².